The Morgan fingerprint density at radius 1 is 1.60 bits per heavy atom. The third-order valence-electron chi connectivity index (χ3n) is 1.64. The fourth-order valence-corrected chi connectivity index (χ4v) is 0.944. The van der Waals surface area contributed by atoms with E-state index < -0.39 is 25.0 Å². The molecule has 1 aromatic heterocycles. The molecule has 1 amide bonds. The normalized spacial score (nSPS) is 11.5. The second kappa shape index (κ2) is 4.33. The van der Waals surface area contributed by atoms with Crippen molar-refractivity contribution in [1.82, 2.24) is 15.1 Å². The van der Waals surface area contributed by atoms with Crippen molar-refractivity contribution in [3.63, 3.8) is 0 Å². The average Bonchev–Trinajstić information content (AvgIpc) is 2.49. The highest BCUT2D eigenvalue weighted by atomic mass is 19.4. The van der Waals surface area contributed by atoms with Crippen molar-refractivity contribution in [2.75, 3.05) is 6.54 Å². The molecule has 0 aliphatic rings. The number of aromatic nitrogens is 2. The van der Waals surface area contributed by atoms with E-state index in [1.807, 2.05) is 0 Å². The van der Waals surface area contributed by atoms with E-state index >= 15 is 0 Å². The molecular formula is C8H10F3N3O. The van der Waals surface area contributed by atoms with Crippen molar-refractivity contribution in [2.45, 2.75) is 12.6 Å². The van der Waals surface area contributed by atoms with Crippen molar-refractivity contribution in [1.29, 1.82) is 0 Å². The second-order valence-electron chi connectivity index (χ2n) is 3.00. The van der Waals surface area contributed by atoms with Gasteiger partial charge in [0.25, 0.3) is 5.91 Å². The van der Waals surface area contributed by atoms with E-state index in [4.69, 9.17) is 0 Å². The Bertz CT molecular complexity index is 345. The molecule has 0 aliphatic heterocycles. The van der Waals surface area contributed by atoms with E-state index in [0.29, 0.717) is 0 Å². The highest BCUT2D eigenvalue weighted by molar-refractivity contribution is 5.92. The van der Waals surface area contributed by atoms with Gasteiger partial charge in [0.2, 0.25) is 0 Å². The molecule has 0 unspecified atom stereocenters. The lowest BCUT2D eigenvalue weighted by Crippen LogP contribution is -2.28. The summed E-state index contributed by atoms with van der Waals surface area (Å²) < 4.78 is 36.6. The Morgan fingerprint density at radius 3 is 2.73 bits per heavy atom. The van der Waals surface area contributed by atoms with Gasteiger partial charge in [0.15, 0.2) is 0 Å². The smallest absolute Gasteiger partial charge is 0.350 e. The largest absolute Gasteiger partial charge is 0.390 e. The number of hydrogen-bond acceptors (Lipinski definition) is 2. The van der Waals surface area contributed by atoms with Crippen molar-refractivity contribution in [3.8, 4) is 0 Å². The van der Waals surface area contributed by atoms with Crippen LogP contribution < -0.4 is 5.32 Å². The summed E-state index contributed by atoms with van der Waals surface area (Å²) in [4.78, 5) is 11.2. The number of nitrogens with one attached hydrogen (secondary N) is 1. The van der Waals surface area contributed by atoms with Gasteiger partial charge in [-0.05, 0) is 6.07 Å². The summed E-state index contributed by atoms with van der Waals surface area (Å²) in [6.07, 6.45) is -3.75. The van der Waals surface area contributed by atoms with Crippen LogP contribution in [0.25, 0.3) is 0 Å². The van der Waals surface area contributed by atoms with Gasteiger partial charge in [-0.25, -0.2) is 0 Å². The van der Waals surface area contributed by atoms with Gasteiger partial charge in [0, 0.05) is 19.8 Å². The molecule has 0 saturated heterocycles. The minimum atomic E-state index is -4.25. The number of nitrogens with zero attached hydrogens (tertiary/aromatic N) is 2. The molecular weight excluding hydrogens is 211 g/mol. The third-order valence-corrected chi connectivity index (χ3v) is 1.64. The van der Waals surface area contributed by atoms with Crippen LogP contribution in [0.5, 0.6) is 0 Å². The molecule has 15 heavy (non-hydrogen) atoms. The fourth-order valence-electron chi connectivity index (χ4n) is 0.944. The number of alkyl halides is 3. The molecule has 0 aliphatic carbocycles. The molecule has 0 fully saturated rings. The predicted octanol–water partition coefficient (Wildman–Crippen LogP) is 1.10. The summed E-state index contributed by atoms with van der Waals surface area (Å²) in [5, 5.41) is 5.88. The lowest BCUT2D eigenvalue weighted by Gasteiger charge is -2.06. The number of carbonyl (C=O) groups is 1. The van der Waals surface area contributed by atoms with Crippen LogP contribution in [0, 0.1) is 0 Å². The van der Waals surface area contributed by atoms with Crippen LogP contribution in [0.2, 0.25) is 0 Å². The van der Waals surface area contributed by atoms with Gasteiger partial charge in [-0.2, -0.15) is 18.3 Å². The van der Waals surface area contributed by atoms with Crippen molar-refractivity contribution in [3.05, 3.63) is 18.0 Å². The zero-order chi connectivity index (χ0) is 11.5. The number of rotatable bonds is 3. The number of carbonyl (C=O) groups excluding carboxylic acids is 1. The molecule has 0 bridgehead atoms. The lowest BCUT2D eigenvalue weighted by molar-refractivity contribution is -0.132. The molecule has 0 saturated carbocycles. The van der Waals surface area contributed by atoms with Crippen LogP contribution in [0.1, 0.15) is 16.9 Å². The van der Waals surface area contributed by atoms with Gasteiger partial charge >= 0.3 is 6.18 Å². The van der Waals surface area contributed by atoms with E-state index in [-0.39, 0.29) is 5.69 Å². The first-order valence-electron chi connectivity index (χ1n) is 4.23. The molecule has 1 N–H and O–H groups in total. The second-order valence-corrected chi connectivity index (χ2v) is 3.00. The summed E-state index contributed by atoms with van der Waals surface area (Å²) in [5.74, 6) is -0.597. The molecule has 1 aromatic rings. The maximum atomic E-state index is 11.7. The minimum absolute atomic E-state index is 0.111. The molecule has 84 valence electrons. The quantitative estimate of drug-likeness (QED) is 0.830. The van der Waals surface area contributed by atoms with Crippen molar-refractivity contribution in [2.24, 2.45) is 7.05 Å². The number of halogens is 3. The van der Waals surface area contributed by atoms with Crippen molar-refractivity contribution >= 4 is 5.91 Å². The Hall–Kier alpha value is -1.53. The fraction of sp³-hybridized carbons (Fsp3) is 0.500. The average molecular weight is 221 g/mol. The van der Waals surface area contributed by atoms with Gasteiger partial charge in [-0.1, -0.05) is 0 Å². The van der Waals surface area contributed by atoms with Crippen LogP contribution in [-0.2, 0) is 7.05 Å². The zero-order valence-corrected chi connectivity index (χ0v) is 8.01. The van der Waals surface area contributed by atoms with Crippen LogP contribution in [0.15, 0.2) is 12.3 Å². The Morgan fingerprint density at radius 2 is 2.27 bits per heavy atom. The van der Waals surface area contributed by atoms with E-state index in [0.717, 1.165) is 0 Å². The van der Waals surface area contributed by atoms with Crippen LogP contribution in [0.4, 0.5) is 13.2 Å². The van der Waals surface area contributed by atoms with Gasteiger partial charge < -0.3 is 5.32 Å². The van der Waals surface area contributed by atoms with Gasteiger partial charge in [-0.15, -0.1) is 0 Å². The van der Waals surface area contributed by atoms with Crippen LogP contribution >= 0.6 is 0 Å². The molecule has 0 spiro atoms. The highest BCUT2D eigenvalue weighted by Gasteiger charge is 2.26. The van der Waals surface area contributed by atoms with E-state index in [1.165, 1.54) is 10.7 Å². The molecule has 0 radical (unpaired) electrons. The predicted molar refractivity (Wildman–Crippen MR) is 46.2 cm³/mol. The first-order chi connectivity index (χ1) is 6.88. The minimum Gasteiger partial charge on any atom is -0.350 e. The van der Waals surface area contributed by atoms with Gasteiger partial charge in [0.05, 0.1) is 6.42 Å². The summed E-state index contributed by atoms with van der Waals surface area (Å²) in [7, 11) is 1.62. The first-order valence-corrected chi connectivity index (χ1v) is 4.23. The van der Waals surface area contributed by atoms with E-state index in [2.05, 4.69) is 10.4 Å². The van der Waals surface area contributed by atoms with Gasteiger partial charge in [0.1, 0.15) is 5.69 Å². The Labute approximate surface area is 84.1 Å². The maximum absolute atomic E-state index is 11.7. The lowest BCUT2D eigenvalue weighted by atomic mass is 10.3. The summed E-state index contributed by atoms with van der Waals surface area (Å²) in [6.45, 7) is -0.432. The first kappa shape index (κ1) is 11.5. The maximum Gasteiger partial charge on any atom is 0.390 e. The molecule has 1 rings (SSSR count). The number of hydrogen-bond donors (Lipinski definition) is 1. The van der Waals surface area contributed by atoms with Crippen LogP contribution in [-0.4, -0.2) is 28.4 Å². The number of amides is 1. The van der Waals surface area contributed by atoms with E-state index in [9.17, 15) is 18.0 Å². The third kappa shape index (κ3) is 4.01. The molecule has 0 atom stereocenters. The van der Waals surface area contributed by atoms with Crippen molar-refractivity contribution < 1.29 is 18.0 Å². The SMILES string of the molecule is Cn1ccc(C(=O)NCCC(F)(F)F)n1. The highest BCUT2D eigenvalue weighted by Crippen LogP contribution is 2.18. The number of aryl methyl sites for hydroxylation is 1. The topological polar surface area (TPSA) is 46.9 Å². The molecule has 1 heterocycles. The Kier molecular flexibility index (Phi) is 3.33. The summed E-state index contributed by atoms with van der Waals surface area (Å²) >= 11 is 0. The molecule has 7 heteroatoms. The zero-order valence-electron chi connectivity index (χ0n) is 8.01. The monoisotopic (exact) mass is 221 g/mol. The van der Waals surface area contributed by atoms with Crippen LogP contribution in [0.3, 0.4) is 0 Å². The molecule has 4 nitrogen and oxygen atoms in total. The summed E-state index contributed by atoms with van der Waals surface area (Å²) in [5.41, 5.74) is 0.111. The molecule has 0 aromatic carbocycles. The van der Waals surface area contributed by atoms with E-state index in [1.54, 1.807) is 13.2 Å². The summed E-state index contributed by atoms with van der Waals surface area (Å²) in [6, 6.07) is 1.43. The van der Waals surface area contributed by atoms with Gasteiger partial charge in [-0.3, -0.25) is 9.48 Å². The standard InChI is InChI=1S/C8H10F3N3O/c1-14-5-2-6(13-14)7(15)12-4-3-8(9,10)11/h2,5H,3-4H2,1H3,(H,12,15). The Balaban J connectivity index is 2.37.